The first-order valence-electron chi connectivity index (χ1n) is 8.10. The van der Waals surface area contributed by atoms with Gasteiger partial charge in [-0.2, -0.15) is 0 Å². The van der Waals surface area contributed by atoms with Crippen LogP contribution in [-0.2, 0) is 4.74 Å². The predicted octanol–water partition coefficient (Wildman–Crippen LogP) is 3.59. The molecule has 0 amide bonds. The van der Waals surface area contributed by atoms with E-state index in [1.807, 2.05) is 0 Å². The molecule has 3 nitrogen and oxygen atoms in total. The number of methoxy groups -OCH3 is 1. The molecule has 0 aromatic heterocycles. The third kappa shape index (κ3) is 3.41. The molecule has 21 heavy (non-hydrogen) atoms. The van der Waals surface area contributed by atoms with Gasteiger partial charge in [-0.25, -0.2) is 0 Å². The molecule has 3 atom stereocenters. The number of hydrogen-bond acceptors (Lipinski definition) is 3. The summed E-state index contributed by atoms with van der Waals surface area (Å²) < 4.78 is 10.6. The number of ether oxygens (including phenoxy) is 2. The Kier molecular flexibility index (Phi) is 5.65. The highest BCUT2D eigenvalue weighted by molar-refractivity contribution is 5.33. The predicted molar refractivity (Wildman–Crippen MR) is 87.0 cm³/mol. The second kappa shape index (κ2) is 7.28. The van der Waals surface area contributed by atoms with E-state index in [0.29, 0.717) is 30.6 Å². The molecule has 0 aliphatic heterocycles. The highest BCUT2D eigenvalue weighted by atomic mass is 16.5. The van der Waals surface area contributed by atoms with Crippen LogP contribution in [0.25, 0.3) is 0 Å². The Labute approximate surface area is 129 Å². The summed E-state index contributed by atoms with van der Waals surface area (Å²) in [6.07, 6.45) is 2.45. The van der Waals surface area contributed by atoms with Crippen molar-refractivity contribution in [1.82, 2.24) is 5.32 Å². The van der Waals surface area contributed by atoms with Crippen LogP contribution in [0.15, 0.2) is 24.3 Å². The minimum absolute atomic E-state index is 0.369. The maximum Gasteiger partial charge on any atom is 0.119 e. The number of hydrogen-bond donors (Lipinski definition) is 1. The van der Waals surface area contributed by atoms with E-state index in [2.05, 4.69) is 50.4 Å². The molecule has 3 heteroatoms. The first kappa shape index (κ1) is 16.3. The lowest BCUT2D eigenvalue weighted by molar-refractivity contribution is 0.0455. The molecule has 0 bridgehead atoms. The average Bonchev–Trinajstić information content (AvgIpc) is 2.51. The minimum atomic E-state index is 0.369. The lowest BCUT2D eigenvalue weighted by Gasteiger charge is -2.55. The van der Waals surface area contributed by atoms with E-state index in [4.69, 9.17) is 9.47 Å². The zero-order valence-corrected chi connectivity index (χ0v) is 13.8. The van der Waals surface area contributed by atoms with Crippen LogP contribution in [0.1, 0.15) is 45.1 Å². The SMILES string of the molecule is CCNC1CC(c2ccc(OCCOC)cc2)C1(C)CC. The smallest absolute Gasteiger partial charge is 0.119 e. The first-order valence-corrected chi connectivity index (χ1v) is 8.10. The highest BCUT2D eigenvalue weighted by Crippen LogP contribution is 2.54. The third-order valence-electron chi connectivity index (χ3n) is 5.11. The van der Waals surface area contributed by atoms with Crippen LogP contribution in [-0.4, -0.2) is 32.9 Å². The lowest BCUT2D eigenvalue weighted by atomic mass is 9.54. The quantitative estimate of drug-likeness (QED) is 0.742. The third-order valence-corrected chi connectivity index (χ3v) is 5.11. The second-order valence-corrected chi connectivity index (χ2v) is 6.17. The van der Waals surface area contributed by atoms with Gasteiger partial charge in [-0.15, -0.1) is 0 Å². The van der Waals surface area contributed by atoms with Crippen molar-refractivity contribution in [2.24, 2.45) is 5.41 Å². The van der Waals surface area contributed by atoms with Gasteiger partial charge in [0, 0.05) is 13.2 Å². The molecule has 1 N–H and O–H groups in total. The molecule has 2 rings (SSSR count). The Morgan fingerprint density at radius 2 is 1.90 bits per heavy atom. The van der Waals surface area contributed by atoms with Crippen molar-refractivity contribution in [1.29, 1.82) is 0 Å². The van der Waals surface area contributed by atoms with Gasteiger partial charge in [-0.1, -0.05) is 32.9 Å². The van der Waals surface area contributed by atoms with Crippen molar-refractivity contribution in [3.05, 3.63) is 29.8 Å². The maximum absolute atomic E-state index is 5.63. The average molecular weight is 291 g/mol. The molecule has 0 saturated heterocycles. The van der Waals surface area contributed by atoms with Gasteiger partial charge in [-0.3, -0.25) is 0 Å². The van der Waals surface area contributed by atoms with Crippen molar-refractivity contribution in [3.63, 3.8) is 0 Å². The summed E-state index contributed by atoms with van der Waals surface area (Å²) in [7, 11) is 1.69. The van der Waals surface area contributed by atoms with Crippen molar-refractivity contribution in [2.75, 3.05) is 26.9 Å². The van der Waals surface area contributed by atoms with Crippen molar-refractivity contribution >= 4 is 0 Å². The monoisotopic (exact) mass is 291 g/mol. The zero-order valence-electron chi connectivity index (χ0n) is 13.8. The second-order valence-electron chi connectivity index (χ2n) is 6.17. The summed E-state index contributed by atoms with van der Waals surface area (Å²) in [5.41, 5.74) is 1.81. The molecule has 1 saturated carbocycles. The van der Waals surface area contributed by atoms with E-state index in [-0.39, 0.29) is 0 Å². The fourth-order valence-corrected chi connectivity index (χ4v) is 3.47. The first-order chi connectivity index (χ1) is 10.2. The molecule has 0 radical (unpaired) electrons. The van der Waals surface area contributed by atoms with E-state index in [0.717, 1.165) is 12.3 Å². The summed E-state index contributed by atoms with van der Waals surface area (Å²) in [5, 5.41) is 3.63. The molecule has 0 spiro atoms. The molecule has 1 aliphatic carbocycles. The summed E-state index contributed by atoms with van der Waals surface area (Å²) in [6.45, 7) is 9.20. The van der Waals surface area contributed by atoms with E-state index < -0.39 is 0 Å². The van der Waals surface area contributed by atoms with Crippen LogP contribution in [0.4, 0.5) is 0 Å². The van der Waals surface area contributed by atoms with Gasteiger partial charge in [0.2, 0.25) is 0 Å². The molecule has 0 heterocycles. The molecule has 3 unspecified atom stereocenters. The standard InChI is InChI=1S/C18H29NO2/c1-5-18(3)16(13-17(18)19-6-2)14-7-9-15(10-8-14)21-12-11-20-4/h7-10,16-17,19H,5-6,11-13H2,1-4H3. The van der Waals surface area contributed by atoms with Crippen LogP contribution >= 0.6 is 0 Å². The fraction of sp³-hybridized carbons (Fsp3) is 0.667. The van der Waals surface area contributed by atoms with Crippen LogP contribution in [0.3, 0.4) is 0 Å². The van der Waals surface area contributed by atoms with Gasteiger partial charge in [0.05, 0.1) is 6.61 Å². The normalized spacial score (nSPS) is 28.2. The Morgan fingerprint density at radius 1 is 1.19 bits per heavy atom. The Balaban J connectivity index is 1.99. The number of nitrogens with one attached hydrogen (secondary N) is 1. The Morgan fingerprint density at radius 3 is 2.48 bits per heavy atom. The van der Waals surface area contributed by atoms with Gasteiger partial charge < -0.3 is 14.8 Å². The van der Waals surface area contributed by atoms with Gasteiger partial charge in [0.15, 0.2) is 0 Å². The van der Waals surface area contributed by atoms with Gasteiger partial charge in [0.1, 0.15) is 12.4 Å². The minimum Gasteiger partial charge on any atom is -0.491 e. The Hall–Kier alpha value is -1.06. The van der Waals surface area contributed by atoms with Crippen LogP contribution in [0.2, 0.25) is 0 Å². The molecule has 1 fully saturated rings. The number of rotatable bonds is 8. The van der Waals surface area contributed by atoms with Crippen molar-refractivity contribution in [2.45, 2.75) is 45.6 Å². The molecule has 118 valence electrons. The van der Waals surface area contributed by atoms with E-state index in [1.54, 1.807) is 7.11 Å². The van der Waals surface area contributed by atoms with Crippen molar-refractivity contribution in [3.8, 4) is 5.75 Å². The summed E-state index contributed by atoms with van der Waals surface area (Å²) in [5.74, 6) is 1.58. The largest absolute Gasteiger partial charge is 0.491 e. The highest BCUT2D eigenvalue weighted by Gasteiger charge is 2.50. The van der Waals surface area contributed by atoms with Gasteiger partial charge in [-0.05, 0) is 48.4 Å². The molecule has 1 aliphatic rings. The summed E-state index contributed by atoms with van der Waals surface area (Å²) in [6, 6.07) is 9.27. The van der Waals surface area contributed by atoms with E-state index >= 15 is 0 Å². The summed E-state index contributed by atoms with van der Waals surface area (Å²) in [4.78, 5) is 0. The molecular weight excluding hydrogens is 262 g/mol. The molecule has 1 aromatic rings. The Bertz CT molecular complexity index is 431. The summed E-state index contributed by atoms with van der Waals surface area (Å²) >= 11 is 0. The van der Waals surface area contributed by atoms with Crippen LogP contribution < -0.4 is 10.1 Å². The number of benzene rings is 1. The topological polar surface area (TPSA) is 30.5 Å². The van der Waals surface area contributed by atoms with Gasteiger partial charge >= 0.3 is 0 Å². The zero-order chi connectivity index (χ0) is 15.3. The van der Waals surface area contributed by atoms with Gasteiger partial charge in [0.25, 0.3) is 0 Å². The van der Waals surface area contributed by atoms with Crippen molar-refractivity contribution < 1.29 is 9.47 Å². The van der Waals surface area contributed by atoms with E-state index in [1.165, 1.54) is 18.4 Å². The van der Waals surface area contributed by atoms with E-state index in [9.17, 15) is 0 Å². The van der Waals surface area contributed by atoms with Crippen LogP contribution in [0, 0.1) is 5.41 Å². The van der Waals surface area contributed by atoms with Crippen LogP contribution in [0.5, 0.6) is 5.75 Å². The maximum atomic E-state index is 5.63. The lowest BCUT2D eigenvalue weighted by Crippen LogP contribution is -2.56. The fourth-order valence-electron chi connectivity index (χ4n) is 3.47. The molecule has 1 aromatic carbocycles. The molecular formula is C18H29NO2.